The topological polar surface area (TPSA) is 196 Å². The molecule has 4 aliphatic rings. The van der Waals surface area contributed by atoms with Gasteiger partial charge in [-0.25, -0.2) is 0 Å². The Bertz CT molecular complexity index is 1730. The van der Waals surface area contributed by atoms with E-state index in [1.165, 1.54) is 32.2 Å². The van der Waals surface area contributed by atoms with Gasteiger partial charge in [0.2, 0.25) is 5.78 Å². The molecule has 0 saturated carbocycles. The molecular weight excluding hydrogens is 663 g/mol. The Hall–Kier alpha value is -4.13. The van der Waals surface area contributed by atoms with Crippen molar-refractivity contribution in [1.82, 2.24) is 5.32 Å². The molecule has 2 aromatic rings. The Morgan fingerprint density at radius 1 is 1.10 bits per heavy atom. The average Bonchev–Trinajstić information content (AvgIpc) is 3.04. The van der Waals surface area contributed by atoms with Crippen LogP contribution in [-0.4, -0.2) is 102 Å². The van der Waals surface area contributed by atoms with Gasteiger partial charge in [-0.3, -0.25) is 19.2 Å². The van der Waals surface area contributed by atoms with E-state index in [9.17, 15) is 47.7 Å². The summed E-state index contributed by atoms with van der Waals surface area (Å²) in [6, 6.07) is 2.76. The molecule has 264 valence electrons. The van der Waals surface area contributed by atoms with Crippen molar-refractivity contribution >= 4 is 23.3 Å². The van der Waals surface area contributed by atoms with Crippen LogP contribution in [0, 0.1) is 0 Å². The highest BCUT2D eigenvalue weighted by atomic mass is 19.4. The SMILES string of the molecule is CCOC1OCC(=O)[C@@]2(Cc3c(O)c4c(c(O)c3[C@@H](OC3CC(NC(=O)C(F)(F)F)C(O)C(C)O3)C2)C(=O)c2c(OC)cccc2C4=O)O1. The van der Waals surface area contributed by atoms with Crippen LogP contribution in [0.15, 0.2) is 18.2 Å². The zero-order valence-electron chi connectivity index (χ0n) is 26.3. The molecule has 7 atom stereocenters. The first-order valence-corrected chi connectivity index (χ1v) is 15.3. The van der Waals surface area contributed by atoms with Crippen LogP contribution in [0.25, 0.3) is 0 Å². The van der Waals surface area contributed by atoms with Gasteiger partial charge in [-0.05, 0) is 19.9 Å². The van der Waals surface area contributed by atoms with Crippen molar-refractivity contribution in [3.8, 4) is 17.2 Å². The van der Waals surface area contributed by atoms with Crippen molar-refractivity contribution in [3.63, 3.8) is 0 Å². The summed E-state index contributed by atoms with van der Waals surface area (Å²) in [7, 11) is 1.28. The van der Waals surface area contributed by atoms with Gasteiger partial charge in [0.1, 0.15) is 35.6 Å². The smallest absolute Gasteiger partial charge is 0.471 e. The highest BCUT2D eigenvalue weighted by Gasteiger charge is 2.55. The van der Waals surface area contributed by atoms with Crippen LogP contribution in [0.4, 0.5) is 13.2 Å². The zero-order chi connectivity index (χ0) is 35.6. The number of carbonyl (C=O) groups is 4. The third-order valence-corrected chi connectivity index (χ3v) is 9.14. The number of benzene rings is 2. The predicted octanol–water partition coefficient (Wildman–Crippen LogP) is 2.10. The minimum absolute atomic E-state index is 0.0307. The van der Waals surface area contributed by atoms with Crippen LogP contribution in [0.2, 0.25) is 0 Å². The fraction of sp³-hybridized carbons (Fsp3) is 0.500. The molecule has 1 amide bonds. The standard InChI is InChI=1S/C32H32F3NO13/c1-4-45-30-46-11-18(37)31(49-30)9-14-21(17(10-31)48-19-8-15(24(38)12(2)47-19)36-29(43)32(33,34)35)28(42)23-22(26(14)40)25(39)13-6-5-7-16(44-3)20(13)27(23)41/h5-7,12,15,17,19,24,30,38,40,42H,4,8-11H2,1-3H3,(H,36,43)/t12?,15?,17-,19?,24?,30?,31-/m0/s1. The molecule has 1 spiro atoms. The van der Waals surface area contributed by atoms with E-state index in [1.54, 1.807) is 12.2 Å². The number of Topliss-reactive ketones (excluding diaryl/α,β-unsaturated/α-hetero) is 1. The second kappa shape index (κ2) is 12.6. The van der Waals surface area contributed by atoms with Gasteiger partial charge in [0.15, 0.2) is 17.9 Å². The number of carbonyl (C=O) groups excluding carboxylic acids is 4. The van der Waals surface area contributed by atoms with Gasteiger partial charge in [0.25, 0.3) is 6.48 Å². The fourth-order valence-electron chi connectivity index (χ4n) is 6.81. The molecule has 6 rings (SSSR count). The number of fused-ring (bicyclic) bond motifs is 3. The lowest BCUT2D eigenvalue weighted by molar-refractivity contribution is -0.343. The van der Waals surface area contributed by atoms with Crippen molar-refractivity contribution in [2.24, 2.45) is 0 Å². The van der Waals surface area contributed by atoms with E-state index in [0.717, 1.165) is 0 Å². The molecular formula is C32H32F3NO13. The second-order valence-electron chi connectivity index (χ2n) is 12.1. The number of ether oxygens (including phenoxy) is 6. The summed E-state index contributed by atoms with van der Waals surface area (Å²) < 4.78 is 73.1. The molecule has 2 saturated heterocycles. The predicted molar refractivity (Wildman–Crippen MR) is 155 cm³/mol. The van der Waals surface area contributed by atoms with Crippen LogP contribution in [0.5, 0.6) is 17.2 Å². The highest BCUT2D eigenvalue weighted by Crippen LogP contribution is 2.54. The number of hydrogen-bond donors (Lipinski definition) is 4. The second-order valence-corrected chi connectivity index (χ2v) is 12.1. The van der Waals surface area contributed by atoms with Gasteiger partial charge in [-0.1, -0.05) is 12.1 Å². The van der Waals surface area contributed by atoms with Gasteiger partial charge in [0, 0.05) is 42.6 Å². The van der Waals surface area contributed by atoms with Gasteiger partial charge < -0.3 is 49.1 Å². The highest BCUT2D eigenvalue weighted by molar-refractivity contribution is 6.31. The van der Waals surface area contributed by atoms with E-state index in [-0.39, 0.29) is 34.6 Å². The molecule has 2 fully saturated rings. The van der Waals surface area contributed by atoms with Gasteiger partial charge >= 0.3 is 12.1 Å². The first kappa shape index (κ1) is 34.7. The monoisotopic (exact) mass is 695 g/mol. The van der Waals surface area contributed by atoms with E-state index in [4.69, 9.17) is 28.4 Å². The summed E-state index contributed by atoms with van der Waals surface area (Å²) in [5.74, 6) is -6.06. The number of amides is 1. The number of alkyl halides is 3. The molecule has 4 N–H and O–H groups in total. The maximum Gasteiger partial charge on any atom is 0.471 e. The van der Waals surface area contributed by atoms with Crippen molar-refractivity contribution < 1.29 is 76.1 Å². The minimum Gasteiger partial charge on any atom is -0.507 e. The molecule has 0 aromatic heterocycles. The number of halogens is 3. The number of rotatable bonds is 6. The Balaban J connectivity index is 1.46. The average molecular weight is 696 g/mol. The van der Waals surface area contributed by atoms with Crippen molar-refractivity contribution in [3.05, 3.63) is 51.6 Å². The van der Waals surface area contributed by atoms with Gasteiger partial charge in [0.05, 0.1) is 42.0 Å². The van der Waals surface area contributed by atoms with E-state index in [1.807, 2.05) is 0 Å². The first-order valence-electron chi connectivity index (χ1n) is 15.3. The number of ketones is 3. The first-order chi connectivity index (χ1) is 23.1. The maximum absolute atomic E-state index is 13.9. The molecule has 14 nitrogen and oxygen atoms in total. The Labute approximate surface area is 276 Å². The molecule has 2 aliphatic carbocycles. The van der Waals surface area contributed by atoms with Crippen molar-refractivity contribution in [2.75, 3.05) is 20.3 Å². The lowest BCUT2D eigenvalue weighted by Gasteiger charge is -2.46. The number of nitrogens with one attached hydrogen (secondary N) is 1. The summed E-state index contributed by atoms with van der Waals surface area (Å²) in [5, 5.41) is 35.8. The maximum atomic E-state index is 13.9. The van der Waals surface area contributed by atoms with Crippen molar-refractivity contribution in [2.45, 2.75) is 82.0 Å². The van der Waals surface area contributed by atoms with E-state index in [0.29, 0.717) is 0 Å². The fourth-order valence-corrected chi connectivity index (χ4v) is 6.81. The lowest BCUT2D eigenvalue weighted by atomic mass is 9.71. The number of phenolic OH excluding ortho intramolecular Hbond substituents is 2. The van der Waals surface area contributed by atoms with Crippen LogP contribution >= 0.6 is 0 Å². The van der Waals surface area contributed by atoms with Crippen LogP contribution < -0.4 is 10.1 Å². The number of aliphatic hydroxyl groups excluding tert-OH is 1. The lowest BCUT2D eigenvalue weighted by Crippen LogP contribution is -2.58. The third kappa shape index (κ3) is 5.83. The largest absolute Gasteiger partial charge is 0.507 e. The minimum atomic E-state index is -5.25. The molecule has 0 radical (unpaired) electrons. The zero-order valence-corrected chi connectivity index (χ0v) is 26.3. The quantitative estimate of drug-likeness (QED) is 0.274. The van der Waals surface area contributed by atoms with Gasteiger partial charge in [-0.15, -0.1) is 0 Å². The van der Waals surface area contributed by atoms with Gasteiger partial charge in [-0.2, -0.15) is 13.2 Å². The van der Waals surface area contributed by atoms with Crippen molar-refractivity contribution in [1.29, 1.82) is 0 Å². The molecule has 49 heavy (non-hydrogen) atoms. The summed E-state index contributed by atoms with van der Waals surface area (Å²) in [4.78, 5) is 53.0. The molecule has 2 aliphatic heterocycles. The third-order valence-electron chi connectivity index (χ3n) is 9.14. The Kier molecular flexibility index (Phi) is 8.96. The number of aromatic hydroxyl groups is 2. The van der Waals surface area contributed by atoms with Crippen LogP contribution in [0.1, 0.15) is 75.8 Å². The van der Waals surface area contributed by atoms with Crippen LogP contribution in [-0.2, 0) is 39.7 Å². The summed E-state index contributed by atoms with van der Waals surface area (Å²) >= 11 is 0. The Morgan fingerprint density at radius 2 is 1.82 bits per heavy atom. The number of aliphatic hydroxyl groups is 1. The summed E-state index contributed by atoms with van der Waals surface area (Å²) in [5.41, 5.74) is -3.59. The normalized spacial score (nSPS) is 29.7. The number of hydrogen-bond acceptors (Lipinski definition) is 13. The molecule has 17 heteroatoms. The van der Waals surface area contributed by atoms with E-state index >= 15 is 0 Å². The molecule has 0 bridgehead atoms. The van der Waals surface area contributed by atoms with E-state index < -0.39 is 121 Å². The summed E-state index contributed by atoms with van der Waals surface area (Å²) in [6.07, 6.45) is -12.3. The number of methoxy groups -OCH3 is 1. The van der Waals surface area contributed by atoms with E-state index in [2.05, 4.69) is 0 Å². The molecule has 2 aromatic carbocycles. The Morgan fingerprint density at radius 3 is 2.49 bits per heavy atom. The summed E-state index contributed by atoms with van der Waals surface area (Å²) in [6.45, 7) is 1.25. The number of phenols is 2. The molecule has 5 unspecified atom stereocenters. The van der Waals surface area contributed by atoms with Crippen LogP contribution in [0.3, 0.4) is 0 Å². The molecule has 2 heterocycles.